The highest BCUT2D eigenvalue weighted by Crippen LogP contribution is 2.35. The minimum Gasteiger partial charge on any atom is -0.481 e. The van der Waals surface area contributed by atoms with Crippen LogP contribution < -0.4 is 0 Å². The minimum atomic E-state index is -0.879. The fraction of sp³-hybridized carbons (Fsp3) is 0.286. The Morgan fingerprint density at radius 3 is 2.80 bits per heavy atom. The molecule has 6 heteroatoms. The molecule has 0 radical (unpaired) electrons. The molecule has 0 saturated carbocycles. The van der Waals surface area contributed by atoms with Crippen LogP contribution >= 0.6 is 23.4 Å². The van der Waals surface area contributed by atoms with Gasteiger partial charge in [0.1, 0.15) is 10.9 Å². The van der Waals surface area contributed by atoms with Gasteiger partial charge in [-0.05, 0) is 32.0 Å². The summed E-state index contributed by atoms with van der Waals surface area (Å²) in [7, 11) is 1.88. The summed E-state index contributed by atoms with van der Waals surface area (Å²) < 4.78 is 1.90. The van der Waals surface area contributed by atoms with E-state index >= 15 is 0 Å². The second-order valence-electron chi connectivity index (χ2n) is 4.53. The monoisotopic (exact) mass is 310 g/mol. The highest BCUT2D eigenvalue weighted by Gasteiger charge is 2.23. The smallest absolute Gasteiger partial charge is 0.312 e. The first-order valence-electron chi connectivity index (χ1n) is 6.09. The Balaban J connectivity index is 2.42. The van der Waals surface area contributed by atoms with Crippen LogP contribution in [0.5, 0.6) is 0 Å². The van der Waals surface area contributed by atoms with E-state index in [1.54, 1.807) is 13.0 Å². The number of halogens is 1. The largest absolute Gasteiger partial charge is 0.481 e. The fourth-order valence-electron chi connectivity index (χ4n) is 1.78. The van der Waals surface area contributed by atoms with Crippen molar-refractivity contribution in [3.63, 3.8) is 0 Å². The Hall–Kier alpha value is -1.46. The van der Waals surface area contributed by atoms with Crippen molar-refractivity contribution in [2.75, 3.05) is 0 Å². The predicted molar refractivity (Wildman–Crippen MR) is 79.6 cm³/mol. The Morgan fingerprint density at radius 1 is 1.50 bits per heavy atom. The molecule has 106 valence electrons. The summed E-state index contributed by atoms with van der Waals surface area (Å²) >= 11 is 7.45. The number of nitrogens with zero attached hydrogens (tertiary/aromatic N) is 2. The zero-order valence-electron chi connectivity index (χ0n) is 11.4. The quantitative estimate of drug-likeness (QED) is 0.935. The third kappa shape index (κ3) is 2.99. The molecule has 20 heavy (non-hydrogen) atoms. The zero-order valence-corrected chi connectivity index (χ0v) is 13.0. The molecule has 0 aliphatic rings. The van der Waals surface area contributed by atoms with E-state index in [0.29, 0.717) is 10.7 Å². The maximum Gasteiger partial charge on any atom is 0.312 e. The fourth-order valence-corrected chi connectivity index (χ4v) is 3.18. The van der Waals surface area contributed by atoms with E-state index in [2.05, 4.69) is 4.98 Å². The molecule has 0 aliphatic heterocycles. The number of hydrogen-bond donors (Lipinski definition) is 1. The molecule has 2 aromatic rings. The van der Waals surface area contributed by atoms with Crippen molar-refractivity contribution in [2.45, 2.75) is 29.7 Å². The lowest BCUT2D eigenvalue weighted by Gasteiger charge is -2.09. The first kappa shape index (κ1) is 14.9. The van der Waals surface area contributed by atoms with E-state index < -0.39 is 11.9 Å². The van der Waals surface area contributed by atoms with Crippen LogP contribution in [0.3, 0.4) is 0 Å². The number of aromatic nitrogens is 2. The van der Waals surface area contributed by atoms with Crippen LogP contribution in [0, 0.1) is 6.92 Å². The Morgan fingerprint density at radius 2 is 2.20 bits per heavy atom. The summed E-state index contributed by atoms with van der Waals surface area (Å²) in [5.74, 6) is -0.731. The number of hydrogen-bond acceptors (Lipinski definition) is 3. The highest BCUT2D eigenvalue weighted by atomic mass is 35.5. The van der Waals surface area contributed by atoms with Crippen LogP contribution in [0.4, 0.5) is 0 Å². The van der Waals surface area contributed by atoms with Gasteiger partial charge in [0.25, 0.3) is 0 Å². The molecular weight excluding hydrogens is 296 g/mol. The van der Waals surface area contributed by atoms with Gasteiger partial charge in [-0.15, -0.1) is 0 Å². The van der Waals surface area contributed by atoms with Crippen LogP contribution in [0.2, 0.25) is 5.02 Å². The van der Waals surface area contributed by atoms with Crippen LogP contribution in [0.15, 0.2) is 34.2 Å². The molecule has 0 aliphatic carbocycles. The third-order valence-corrected chi connectivity index (χ3v) is 4.48. The number of imidazole rings is 1. The lowest BCUT2D eigenvalue weighted by atomic mass is 10.1. The van der Waals surface area contributed by atoms with Crippen molar-refractivity contribution in [3.05, 3.63) is 40.8 Å². The SMILES string of the molecule is Cc1nc([C@@H](C)C(=O)O)c(Sc2cccc(Cl)c2)n1C. The molecule has 0 amide bonds. The minimum absolute atomic E-state index is 0.586. The molecule has 1 heterocycles. The van der Waals surface area contributed by atoms with Crippen LogP contribution in [0.1, 0.15) is 24.4 Å². The number of carboxylic acids is 1. The van der Waals surface area contributed by atoms with E-state index in [-0.39, 0.29) is 0 Å². The van der Waals surface area contributed by atoms with Gasteiger partial charge in [0.15, 0.2) is 0 Å². The first-order valence-corrected chi connectivity index (χ1v) is 7.29. The standard InChI is InChI=1S/C14H15ClN2O2S/c1-8(14(18)19)12-13(17(3)9(2)16-12)20-11-6-4-5-10(15)7-11/h4-8H,1-3H3,(H,18,19)/t8-/m1/s1. The number of carbonyl (C=O) groups is 1. The van der Waals surface area contributed by atoms with Gasteiger partial charge in [-0.25, -0.2) is 4.98 Å². The molecule has 2 rings (SSSR count). The summed E-state index contributed by atoms with van der Waals surface area (Å²) in [6, 6.07) is 7.47. The average molecular weight is 311 g/mol. The molecular formula is C14H15ClN2O2S. The molecule has 0 spiro atoms. The van der Waals surface area contributed by atoms with Gasteiger partial charge in [0, 0.05) is 17.0 Å². The summed E-state index contributed by atoms with van der Waals surface area (Å²) in [5.41, 5.74) is 0.586. The summed E-state index contributed by atoms with van der Waals surface area (Å²) in [6.45, 7) is 3.51. The molecule has 4 nitrogen and oxygen atoms in total. The van der Waals surface area contributed by atoms with Gasteiger partial charge in [-0.3, -0.25) is 4.79 Å². The highest BCUT2D eigenvalue weighted by molar-refractivity contribution is 7.99. The molecule has 0 unspecified atom stereocenters. The maximum absolute atomic E-state index is 11.2. The molecule has 0 bridgehead atoms. The van der Waals surface area contributed by atoms with Crippen LogP contribution in [0.25, 0.3) is 0 Å². The molecule has 1 aromatic carbocycles. The van der Waals surface area contributed by atoms with Gasteiger partial charge in [0.05, 0.1) is 11.6 Å². The van der Waals surface area contributed by atoms with Crippen molar-refractivity contribution in [1.29, 1.82) is 0 Å². The van der Waals surface area contributed by atoms with Gasteiger partial charge in [-0.2, -0.15) is 0 Å². The van der Waals surface area contributed by atoms with Crippen molar-refractivity contribution < 1.29 is 9.90 Å². The van der Waals surface area contributed by atoms with E-state index in [1.165, 1.54) is 11.8 Å². The Labute approximate surface area is 126 Å². The Bertz CT molecular complexity index is 655. The van der Waals surface area contributed by atoms with Crippen LogP contribution in [-0.4, -0.2) is 20.6 Å². The van der Waals surface area contributed by atoms with Crippen molar-refractivity contribution in [3.8, 4) is 0 Å². The lowest BCUT2D eigenvalue weighted by molar-refractivity contribution is -0.138. The van der Waals surface area contributed by atoms with E-state index in [0.717, 1.165) is 15.7 Å². The second-order valence-corrected chi connectivity index (χ2v) is 6.03. The molecule has 1 atom stereocenters. The lowest BCUT2D eigenvalue weighted by Crippen LogP contribution is -2.09. The number of aliphatic carboxylic acids is 1. The number of carboxylic acid groups (broad SMARTS) is 1. The molecule has 1 aromatic heterocycles. The second kappa shape index (κ2) is 5.89. The van der Waals surface area contributed by atoms with Crippen molar-refractivity contribution >= 4 is 29.3 Å². The molecule has 1 N–H and O–H groups in total. The summed E-state index contributed by atoms with van der Waals surface area (Å²) in [4.78, 5) is 16.5. The molecule has 0 fully saturated rings. The normalized spacial score (nSPS) is 12.4. The first-order chi connectivity index (χ1) is 9.40. The average Bonchev–Trinajstić information content (AvgIpc) is 2.66. The number of benzene rings is 1. The molecule has 0 saturated heterocycles. The van der Waals surface area contributed by atoms with Crippen molar-refractivity contribution in [1.82, 2.24) is 9.55 Å². The van der Waals surface area contributed by atoms with Gasteiger partial charge in [0.2, 0.25) is 0 Å². The number of rotatable bonds is 4. The van der Waals surface area contributed by atoms with E-state index in [9.17, 15) is 9.90 Å². The van der Waals surface area contributed by atoms with Gasteiger partial charge >= 0.3 is 5.97 Å². The van der Waals surface area contributed by atoms with E-state index in [1.807, 2.05) is 36.7 Å². The van der Waals surface area contributed by atoms with Crippen molar-refractivity contribution in [2.24, 2.45) is 7.05 Å². The van der Waals surface area contributed by atoms with Gasteiger partial charge < -0.3 is 9.67 Å². The zero-order chi connectivity index (χ0) is 14.9. The van der Waals surface area contributed by atoms with Gasteiger partial charge in [-0.1, -0.05) is 29.4 Å². The predicted octanol–water partition coefficient (Wildman–Crippen LogP) is 3.72. The Kier molecular flexibility index (Phi) is 4.40. The topological polar surface area (TPSA) is 55.1 Å². The maximum atomic E-state index is 11.2. The number of aryl methyl sites for hydroxylation is 1. The third-order valence-electron chi connectivity index (χ3n) is 3.08. The van der Waals surface area contributed by atoms with Crippen LogP contribution in [-0.2, 0) is 11.8 Å². The summed E-state index contributed by atoms with van der Waals surface area (Å²) in [5, 5.41) is 10.7. The van der Waals surface area contributed by atoms with E-state index in [4.69, 9.17) is 11.6 Å². The summed E-state index contributed by atoms with van der Waals surface area (Å²) in [6.07, 6.45) is 0.